The van der Waals surface area contributed by atoms with E-state index in [4.69, 9.17) is 5.11 Å². The van der Waals surface area contributed by atoms with Crippen molar-refractivity contribution in [2.24, 2.45) is 17.8 Å². The Bertz CT molecular complexity index is 632. The molecule has 0 aromatic carbocycles. The topological polar surface area (TPSA) is 46.5 Å². The molecule has 0 aromatic rings. The van der Waals surface area contributed by atoms with Crippen molar-refractivity contribution in [2.75, 3.05) is 0 Å². The molecule has 0 radical (unpaired) electrons. The zero-order valence-corrected chi connectivity index (χ0v) is 13.3. The summed E-state index contributed by atoms with van der Waals surface area (Å²) in [6, 6.07) is 0. The van der Waals surface area contributed by atoms with Crippen LogP contribution in [0, 0.1) is 17.8 Å². The van der Waals surface area contributed by atoms with E-state index in [0.29, 0.717) is 0 Å². The van der Waals surface area contributed by atoms with Crippen molar-refractivity contribution in [1.82, 2.24) is 0 Å². The highest BCUT2D eigenvalue weighted by Gasteiger charge is 2.87. The average Bonchev–Trinajstić information content (AvgIpc) is 3.10. The van der Waals surface area contributed by atoms with Crippen molar-refractivity contribution in [3.8, 4) is 0 Å². The van der Waals surface area contributed by atoms with Crippen molar-refractivity contribution in [1.29, 1.82) is 0 Å². The molecule has 2 bridgehead atoms. The second-order valence-electron chi connectivity index (χ2n) is 6.57. The second-order valence-corrected chi connectivity index (χ2v) is 6.57. The van der Waals surface area contributed by atoms with Crippen LogP contribution in [0.2, 0.25) is 0 Å². The Kier molecular flexibility index (Phi) is 5.23. The van der Waals surface area contributed by atoms with Crippen molar-refractivity contribution in [3.63, 3.8) is 0 Å². The van der Waals surface area contributed by atoms with E-state index < -0.39 is 54.0 Å². The van der Waals surface area contributed by atoms with E-state index in [1.54, 1.807) is 6.08 Å². The fourth-order valence-electron chi connectivity index (χ4n) is 3.33. The Morgan fingerprint density at radius 1 is 0.893 bits per heavy atom. The molecule has 2 rings (SSSR count). The van der Waals surface area contributed by atoms with E-state index in [1.165, 1.54) is 6.08 Å². The van der Waals surface area contributed by atoms with Gasteiger partial charge in [0.2, 0.25) is 0 Å². The molecular weight excluding hydrogens is 425 g/mol. The number of ether oxygens (including phenoxy) is 1. The van der Waals surface area contributed by atoms with E-state index in [0.717, 1.165) is 0 Å². The van der Waals surface area contributed by atoms with Gasteiger partial charge in [0.05, 0.1) is 5.92 Å². The second kappa shape index (κ2) is 6.46. The first-order valence-corrected chi connectivity index (χ1v) is 7.53. The molecule has 28 heavy (non-hydrogen) atoms. The Morgan fingerprint density at radius 3 is 1.71 bits per heavy atom. The van der Waals surface area contributed by atoms with E-state index in [9.17, 15) is 53.1 Å². The average molecular weight is 436 g/mol. The summed E-state index contributed by atoms with van der Waals surface area (Å²) in [6.07, 6.45) is -23.2. The molecule has 1 saturated carbocycles. The molecule has 4 atom stereocenters. The lowest BCUT2D eigenvalue weighted by Crippen LogP contribution is -2.73. The van der Waals surface area contributed by atoms with Gasteiger partial charge in [-0.3, -0.25) is 4.79 Å². The SMILES string of the molecule is O=C(OC(C(F)(F)F)C(F)(F)C(O)(C(F)(F)F)C(F)(F)F)C1CC2C=CC1C2. The fraction of sp³-hybridized carbons (Fsp3) is 0.786. The monoisotopic (exact) mass is 436 g/mol. The molecule has 1 fully saturated rings. The fourth-order valence-corrected chi connectivity index (χ4v) is 3.33. The third-order valence-corrected chi connectivity index (χ3v) is 4.75. The maximum absolute atomic E-state index is 14.0. The summed E-state index contributed by atoms with van der Waals surface area (Å²) >= 11 is 0. The largest absolute Gasteiger partial charge is 0.446 e. The van der Waals surface area contributed by atoms with Crippen LogP contribution < -0.4 is 0 Å². The van der Waals surface area contributed by atoms with Crippen LogP contribution in [0.3, 0.4) is 0 Å². The summed E-state index contributed by atoms with van der Waals surface area (Å²) in [5.74, 6) is -11.5. The molecule has 0 saturated heterocycles. The lowest BCUT2D eigenvalue weighted by Gasteiger charge is -2.41. The number of esters is 1. The zero-order valence-electron chi connectivity index (χ0n) is 13.3. The van der Waals surface area contributed by atoms with Crippen LogP contribution in [-0.2, 0) is 9.53 Å². The van der Waals surface area contributed by atoms with E-state index >= 15 is 0 Å². The number of carbonyl (C=O) groups is 1. The zero-order chi connectivity index (χ0) is 21.9. The number of hydrogen-bond acceptors (Lipinski definition) is 3. The molecule has 0 amide bonds. The third-order valence-electron chi connectivity index (χ3n) is 4.75. The molecule has 2 aliphatic rings. The van der Waals surface area contributed by atoms with Gasteiger partial charge in [0, 0.05) is 0 Å². The summed E-state index contributed by atoms with van der Waals surface area (Å²) in [6.45, 7) is 0. The number of hydrogen-bond donors (Lipinski definition) is 1. The van der Waals surface area contributed by atoms with E-state index in [2.05, 4.69) is 4.74 Å². The van der Waals surface area contributed by atoms with Crippen molar-refractivity contribution in [3.05, 3.63) is 12.2 Å². The number of carbonyl (C=O) groups excluding carboxylic acids is 1. The summed E-state index contributed by atoms with van der Waals surface area (Å²) in [4.78, 5) is 11.8. The summed E-state index contributed by atoms with van der Waals surface area (Å²) in [5.41, 5.74) is -7.11. The summed E-state index contributed by atoms with van der Waals surface area (Å²) in [5, 5.41) is 8.73. The predicted octanol–water partition coefficient (Wildman–Crippen LogP) is 4.16. The standard InChI is InChI=1S/C14H11F11O3/c15-10(16,12(27,13(20,21)22)14(23,24)25)9(11(17,18)19)28-8(26)7-4-5-1-2-6(7)3-5/h1-2,5-7,9,27H,3-4H2. The number of halogens is 11. The third kappa shape index (κ3) is 3.43. The molecule has 0 aromatic heterocycles. The lowest BCUT2D eigenvalue weighted by atomic mass is 9.88. The number of aliphatic hydroxyl groups is 1. The molecular formula is C14H11F11O3. The quantitative estimate of drug-likeness (QED) is 0.409. The van der Waals surface area contributed by atoms with Crippen molar-refractivity contribution < 1.29 is 62.9 Å². The molecule has 3 nitrogen and oxygen atoms in total. The first-order valence-electron chi connectivity index (χ1n) is 7.53. The van der Waals surface area contributed by atoms with Crippen LogP contribution in [0.4, 0.5) is 48.3 Å². The van der Waals surface area contributed by atoms with Crippen LogP contribution in [-0.4, -0.2) is 47.2 Å². The van der Waals surface area contributed by atoms with Crippen LogP contribution >= 0.6 is 0 Å². The van der Waals surface area contributed by atoms with Gasteiger partial charge in [-0.25, -0.2) is 0 Å². The molecule has 1 N–H and O–H groups in total. The normalized spacial score (nSPS) is 27.2. The summed E-state index contributed by atoms with van der Waals surface area (Å²) in [7, 11) is 0. The highest BCUT2D eigenvalue weighted by atomic mass is 19.4. The molecule has 0 spiro atoms. The van der Waals surface area contributed by atoms with Gasteiger partial charge in [-0.05, 0) is 24.7 Å². The van der Waals surface area contributed by atoms with Gasteiger partial charge >= 0.3 is 36.0 Å². The van der Waals surface area contributed by atoms with Gasteiger partial charge in [-0.1, -0.05) is 12.2 Å². The molecule has 2 aliphatic carbocycles. The minimum absolute atomic E-state index is 0.154. The predicted molar refractivity (Wildman–Crippen MR) is 66.8 cm³/mol. The van der Waals surface area contributed by atoms with Gasteiger partial charge in [0.15, 0.2) is 0 Å². The lowest BCUT2D eigenvalue weighted by molar-refractivity contribution is -0.445. The number of allylic oxidation sites excluding steroid dienone is 2. The van der Waals surface area contributed by atoms with Crippen LogP contribution in [0.5, 0.6) is 0 Å². The molecule has 4 unspecified atom stereocenters. The highest BCUT2D eigenvalue weighted by Crippen LogP contribution is 2.56. The Hall–Kier alpha value is -1.60. The first-order chi connectivity index (χ1) is 12.3. The van der Waals surface area contributed by atoms with Gasteiger partial charge in [0.25, 0.3) is 6.10 Å². The maximum atomic E-state index is 14.0. The smallest absolute Gasteiger partial charge is 0.432 e. The minimum atomic E-state index is -7.26. The maximum Gasteiger partial charge on any atom is 0.432 e. The molecule has 0 aliphatic heterocycles. The van der Waals surface area contributed by atoms with E-state index in [1.807, 2.05) is 0 Å². The summed E-state index contributed by atoms with van der Waals surface area (Å²) < 4.78 is 146. The first kappa shape index (κ1) is 22.7. The Balaban J connectivity index is 2.43. The number of rotatable bonds is 4. The Morgan fingerprint density at radius 2 is 1.39 bits per heavy atom. The van der Waals surface area contributed by atoms with Crippen LogP contribution in [0.15, 0.2) is 12.2 Å². The molecule has 0 heterocycles. The van der Waals surface area contributed by atoms with Crippen LogP contribution in [0.25, 0.3) is 0 Å². The van der Waals surface area contributed by atoms with Gasteiger partial charge in [0.1, 0.15) is 0 Å². The van der Waals surface area contributed by atoms with Gasteiger partial charge < -0.3 is 9.84 Å². The van der Waals surface area contributed by atoms with E-state index in [-0.39, 0.29) is 18.8 Å². The van der Waals surface area contributed by atoms with Crippen molar-refractivity contribution >= 4 is 5.97 Å². The van der Waals surface area contributed by atoms with Crippen LogP contribution in [0.1, 0.15) is 12.8 Å². The van der Waals surface area contributed by atoms with Crippen molar-refractivity contribution in [2.45, 2.75) is 49.0 Å². The Labute approximate surface area is 149 Å². The minimum Gasteiger partial charge on any atom is -0.446 e. The number of fused-ring (bicyclic) bond motifs is 2. The molecule has 14 heteroatoms. The van der Waals surface area contributed by atoms with Gasteiger partial charge in [-0.15, -0.1) is 0 Å². The molecule has 162 valence electrons. The van der Waals surface area contributed by atoms with Gasteiger partial charge in [-0.2, -0.15) is 48.3 Å². The highest BCUT2D eigenvalue weighted by molar-refractivity contribution is 5.74. The number of alkyl halides is 11.